The van der Waals surface area contributed by atoms with Crippen molar-refractivity contribution in [1.29, 1.82) is 0 Å². The van der Waals surface area contributed by atoms with Crippen LogP contribution in [0, 0.1) is 0 Å². The van der Waals surface area contributed by atoms with Crippen molar-refractivity contribution in [2.24, 2.45) is 0 Å². The number of aromatic amines is 2. The smallest absolute Gasteiger partial charge is 0.326 e. The highest BCUT2D eigenvalue weighted by molar-refractivity contribution is 6.30. The summed E-state index contributed by atoms with van der Waals surface area (Å²) in [6.07, 6.45) is 0.750. The summed E-state index contributed by atoms with van der Waals surface area (Å²) in [5, 5.41) is 0.589. The maximum absolute atomic E-state index is 12.5. The lowest BCUT2D eigenvalue weighted by atomic mass is 10.2. The minimum absolute atomic E-state index is 0.0239. The number of benzene rings is 1. The number of nitrogens with zero attached hydrogens (tertiary/aromatic N) is 1. The molecule has 0 fully saturated rings. The van der Waals surface area contributed by atoms with E-state index in [9.17, 15) is 14.4 Å². The number of H-pyrrole nitrogens is 2. The summed E-state index contributed by atoms with van der Waals surface area (Å²) >= 11 is 5.95. The Kier molecular flexibility index (Phi) is 5.16. The summed E-state index contributed by atoms with van der Waals surface area (Å²) in [6, 6.07) is 8.29. The number of hydrogen-bond donors (Lipinski definition) is 2. The standard InChI is InChI=1S/C15H16ClN3O3/c1-2-6-19(9-10-4-3-5-11(16)7-10)14(21)12-8-13(20)18-15(22)17-12/h3-5,7-8H,2,6,9H2,1H3,(H2,17,18,20,22). The van der Waals surface area contributed by atoms with Crippen LogP contribution in [-0.2, 0) is 6.54 Å². The van der Waals surface area contributed by atoms with E-state index >= 15 is 0 Å². The van der Waals surface area contributed by atoms with E-state index in [1.807, 2.05) is 18.0 Å². The van der Waals surface area contributed by atoms with Crippen LogP contribution < -0.4 is 11.2 Å². The number of carbonyl (C=O) groups excluding carboxylic acids is 1. The molecule has 1 amide bonds. The first-order chi connectivity index (χ1) is 10.5. The molecule has 0 bridgehead atoms. The summed E-state index contributed by atoms with van der Waals surface area (Å²) in [5.74, 6) is -0.398. The molecule has 2 N–H and O–H groups in total. The zero-order valence-corrected chi connectivity index (χ0v) is 12.8. The van der Waals surface area contributed by atoms with Crippen LogP contribution in [-0.4, -0.2) is 27.3 Å². The lowest BCUT2D eigenvalue weighted by molar-refractivity contribution is 0.0736. The Labute approximate surface area is 131 Å². The number of rotatable bonds is 5. The Balaban J connectivity index is 2.28. The van der Waals surface area contributed by atoms with Gasteiger partial charge < -0.3 is 9.88 Å². The quantitative estimate of drug-likeness (QED) is 0.880. The molecule has 22 heavy (non-hydrogen) atoms. The van der Waals surface area contributed by atoms with Crippen LogP contribution in [0.15, 0.2) is 39.9 Å². The molecule has 0 aliphatic heterocycles. The van der Waals surface area contributed by atoms with Gasteiger partial charge in [-0.3, -0.25) is 14.6 Å². The molecular weight excluding hydrogens is 306 g/mol. The van der Waals surface area contributed by atoms with Gasteiger partial charge in [0.25, 0.3) is 11.5 Å². The van der Waals surface area contributed by atoms with Gasteiger partial charge in [0.05, 0.1) is 0 Å². The second-order valence-electron chi connectivity index (χ2n) is 4.86. The summed E-state index contributed by atoms with van der Waals surface area (Å²) in [6.45, 7) is 2.79. The molecule has 2 rings (SSSR count). The fourth-order valence-electron chi connectivity index (χ4n) is 2.13. The van der Waals surface area contributed by atoms with Crippen molar-refractivity contribution in [1.82, 2.24) is 14.9 Å². The van der Waals surface area contributed by atoms with Gasteiger partial charge in [0, 0.05) is 24.2 Å². The lowest BCUT2D eigenvalue weighted by Crippen LogP contribution is -2.35. The molecule has 0 radical (unpaired) electrons. The maximum atomic E-state index is 12.5. The van der Waals surface area contributed by atoms with E-state index in [4.69, 9.17) is 11.6 Å². The average molecular weight is 322 g/mol. The number of aromatic nitrogens is 2. The van der Waals surface area contributed by atoms with Gasteiger partial charge in [0.15, 0.2) is 0 Å². The zero-order valence-electron chi connectivity index (χ0n) is 12.1. The van der Waals surface area contributed by atoms with Crippen molar-refractivity contribution in [3.8, 4) is 0 Å². The Morgan fingerprint density at radius 3 is 2.64 bits per heavy atom. The van der Waals surface area contributed by atoms with Crippen LogP contribution in [0.3, 0.4) is 0 Å². The molecule has 0 atom stereocenters. The van der Waals surface area contributed by atoms with E-state index in [-0.39, 0.29) is 5.69 Å². The SMILES string of the molecule is CCCN(Cc1cccc(Cl)c1)C(=O)c1cc(=O)[nH]c(=O)[nH]1. The fraction of sp³-hybridized carbons (Fsp3) is 0.267. The molecule has 0 saturated carbocycles. The molecule has 2 aromatic rings. The monoisotopic (exact) mass is 321 g/mol. The summed E-state index contributed by atoms with van der Waals surface area (Å²) < 4.78 is 0. The topological polar surface area (TPSA) is 86.0 Å². The molecule has 1 aromatic carbocycles. The molecular formula is C15H16ClN3O3. The molecule has 0 unspecified atom stereocenters. The molecule has 116 valence electrons. The Bertz CT molecular complexity index is 754. The van der Waals surface area contributed by atoms with Crippen LogP contribution >= 0.6 is 11.6 Å². The van der Waals surface area contributed by atoms with Crippen molar-refractivity contribution in [3.05, 3.63) is 67.4 Å². The van der Waals surface area contributed by atoms with Crippen LogP contribution in [0.1, 0.15) is 29.4 Å². The van der Waals surface area contributed by atoms with Crippen LogP contribution in [0.4, 0.5) is 0 Å². The van der Waals surface area contributed by atoms with E-state index in [1.54, 1.807) is 23.1 Å². The van der Waals surface area contributed by atoms with E-state index in [0.717, 1.165) is 18.1 Å². The molecule has 0 spiro atoms. The third kappa shape index (κ3) is 4.08. The van der Waals surface area contributed by atoms with Crippen molar-refractivity contribution in [2.45, 2.75) is 19.9 Å². The minimum Gasteiger partial charge on any atom is -0.333 e. The van der Waals surface area contributed by atoms with Gasteiger partial charge in [-0.05, 0) is 24.1 Å². The number of amides is 1. The second-order valence-corrected chi connectivity index (χ2v) is 5.29. The highest BCUT2D eigenvalue weighted by atomic mass is 35.5. The van der Waals surface area contributed by atoms with Gasteiger partial charge in [-0.1, -0.05) is 30.7 Å². The number of halogens is 1. The number of nitrogens with one attached hydrogen (secondary N) is 2. The zero-order chi connectivity index (χ0) is 16.1. The van der Waals surface area contributed by atoms with E-state index in [1.165, 1.54) is 0 Å². The first-order valence-corrected chi connectivity index (χ1v) is 7.24. The molecule has 0 aliphatic rings. The Morgan fingerprint density at radius 1 is 1.23 bits per heavy atom. The first kappa shape index (κ1) is 16.0. The maximum Gasteiger partial charge on any atom is 0.326 e. The predicted octanol–water partition coefficient (Wildman–Crippen LogP) is 1.77. The predicted molar refractivity (Wildman–Crippen MR) is 84.2 cm³/mol. The van der Waals surface area contributed by atoms with Crippen molar-refractivity contribution in [3.63, 3.8) is 0 Å². The summed E-state index contributed by atoms with van der Waals surface area (Å²) in [5.41, 5.74) is -0.452. The van der Waals surface area contributed by atoms with Gasteiger partial charge in [-0.15, -0.1) is 0 Å². The van der Waals surface area contributed by atoms with Crippen LogP contribution in [0.2, 0.25) is 5.02 Å². The van der Waals surface area contributed by atoms with E-state index < -0.39 is 17.2 Å². The molecule has 0 saturated heterocycles. The van der Waals surface area contributed by atoms with Gasteiger partial charge in [0.1, 0.15) is 5.69 Å². The highest BCUT2D eigenvalue weighted by Gasteiger charge is 2.17. The fourth-order valence-corrected chi connectivity index (χ4v) is 2.35. The molecule has 1 heterocycles. The lowest BCUT2D eigenvalue weighted by Gasteiger charge is -2.22. The normalized spacial score (nSPS) is 10.5. The Morgan fingerprint density at radius 2 is 2.00 bits per heavy atom. The van der Waals surface area contributed by atoms with Gasteiger partial charge in [0.2, 0.25) is 0 Å². The van der Waals surface area contributed by atoms with Crippen LogP contribution in [0.25, 0.3) is 0 Å². The van der Waals surface area contributed by atoms with Crippen molar-refractivity contribution in [2.75, 3.05) is 6.54 Å². The largest absolute Gasteiger partial charge is 0.333 e. The second kappa shape index (κ2) is 7.09. The highest BCUT2D eigenvalue weighted by Crippen LogP contribution is 2.14. The third-order valence-electron chi connectivity index (χ3n) is 3.03. The first-order valence-electron chi connectivity index (χ1n) is 6.87. The van der Waals surface area contributed by atoms with Crippen LogP contribution in [0.5, 0.6) is 0 Å². The minimum atomic E-state index is -0.699. The summed E-state index contributed by atoms with van der Waals surface area (Å²) in [7, 11) is 0. The van der Waals surface area contributed by atoms with Gasteiger partial charge in [-0.2, -0.15) is 0 Å². The van der Waals surface area contributed by atoms with E-state index in [0.29, 0.717) is 18.1 Å². The van der Waals surface area contributed by atoms with Gasteiger partial charge >= 0.3 is 5.69 Å². The average Bonchev–Trinajstić information content (AvgIpc) is 2.45. The molecule has 7 heteroatoms. The molecule has 0 aliphatic carbocycles. The Hall–Kier alpha value is -2.34. The number of carbonyl (C=O) groups is 1. The molecule has 6 nitrogen and oxygen atoms in total. The van der Waals surface area contributed by atoms with Gasteiger partial charge in [-0.25, -0.2) is 4.79 Å². The van der Waals surface area contributed by atoms with Crippen molar-refractivity contribution < 1.29 is 4.79 Å². The third-order valence-corrected chi connectivity index (χ3v) is 3.27. The molecule has 1 aromatic heterocycles. The van der Waals surface area contributed by atoms with Crippen molar-refractivity contribution >= 4 is 17.5 Å². The summed E-state index contributed by atoms with van der Waals surface area (Å²) in [4.78, 5) is 41.1. The van der Waals surface area contributed by atoms with E-state index in [2.05, 4.69) is 4.98 Å². The number of hydrogen-bond acceptors (Lipinski definition) is 3.